The van der Waals surface area contributed by atoms with Gasteiger partial charge in [-0.15, -0.1) is 0 Å². The average molecular weight is 830 g/mol. The van der Waals surface area contributed by atoms with E-state index in [0.29, 0.717) is 41.1 Å². The monoisotopic (exact) mass is 829 g/mol. The van der Waals surface area contributed by atoms with E-state index in [1.54, 1.807) is 38.0 Å². The lowest BCUT2D eigenvalue weighted by atomic mass is 10.0. The van der Waals surface area contributed by atoms with Crippen LogP contribution in [0.2, 0.25) is 0 Å². The molecule has 8 rings (SSSR count). The van der Waals surface area contributed by atoms with Gasteiger partial charge in [0.2, 0.25) is 0 Å². The molecule has 6 aromatic heterocycles. The summed E-state index contributed by atoms with van der Waals surface area (Å²) < 4.78 is 7.12. The second-order valence-corrected chi connectivity index (χ2v) is 15.8. The highest BCUT2D eigenvalue weighted by molar-refractivity contribution is 6.12. The van der Waals surface area contributed by atoms with E-state index in [2.05, 4.69) is 67.6 Å². The maximum Gasteiger partial charge on any atom is 0.276 e. The summed E-state index contributed by atoms with van der Waals surface area (Å²) in [5.74, 6) is -0.231. The first-order valence-corrected chi connectivity index (χ1v) is 19.9. The van der Waals surface area contributed by atoms with Crippen molar-refractivity contribution in [3.63, 3.8) is 0 Å². The van der Waals surface area contributed by atoms with E-state index in [0.717, 1.165) is 63.1 Å². The average Bonchev–Trinajstić information content (AvgIpc) is 3.84. The summed E-state index contributed by atoms with van der Waals surface area (Å²) >= 11 is 0. The molecule has 0 bridgehead atoms. The quantitative estimate of drug-likeness (QED) is 0.102. The number of pyridine rings is 4. The molecule has 0 saturated heterocycles. The molecule has 0 aliphatic heterocycles. The number of aromatic nitrogens is 8. The number of methoxy groups -OCH3 is 1. The molecule has 2 amide bonds. The number of carbonyl (C=O) groups is 2. The third-order valence-corrected chi connectivity index (χ3v) is 10.1. The molecule has 62 heavy (non-hydrogen) atoms. The van der Waals surface area contributed by atoms with Crippen LogP contribution in [0.1, 0.15) is 37.7 Å². The molecule has 0 aliphatic rings. The third kappa shape index (κ3) is 9.47. The number of amides is 2. The maximum absolute atomic E-state index is 13.9. The lowest BCUT2D eigenvalue weighted by molar-refractivity contribution is 0.101. The predicted molar refractivity (Wildman–Crippen MR) is 239 cm³/mol. The fraction of sp³-hybridized carbons (Fsp3) is 0.217. The Morgan fingerprint density at radius 2 is 1.18 bits per heavy atom. The Balaban J connectivity index is 1.01. The van der Waals surface area contributed by atoms with Crippen LogP contribution in [0, 0.1) is 0 Å². The second kappa shape index (κ2) is 18.1. The summed E-state index contributed by atoms with van der Waals surface area (Å²) in [5.41, 5.74) is 9.82. The predicted octanol–water partition coefficient (Wildman–Crippen LogP) is 6.55. The van der Waals surface area contributed by atoms with Crippen LogP contribution in [0.3, 0.4) is 0 Å². The van der Waals surface area contributed by atoms with Crippen molar-refractivity contribution in [1.29, 1.82) is 0 Å². The van der Waals surface area contributed by atoms with Gasteiger partial charge in [-0.2, -0.15) is 10.2 Å². The number of hydrogen-bond donors (Lipinski definition) is 3. The first kappa shape index (κ1) is 41.3. The van der Waals surface area contributed by atoms with Gasteiger partial charge in [0.25, 0.3) is 11.8 Å². The van der Waals surface area contributed by atoms with E-state index in [1.165, 1.54) is 0 Å². The fourth-order valence-electron chi connectivity index (χ4n) is 7.41. The number of anilines is 2. The molecular formula is C46H47N13O3. The zero-order valence-electron chi connectivity index (χ0n) is 35.4. The van der Waals surface area contributed by atoms with Crippen LogP contribution in [0.15, 0.2) is 110 Å². The molecule has 0 saturated carbocycles. The molecule has 8 aromatic rings. The summed E-state index contributed by atoms with van der Waals surface area (Å²) in [6.45, 7) is 2.32. The minimum atomic E-state index is -0.386. The van der Waals surface area contributed by atoms with Gasteiger partial charge in [0.05, 0.1) is 54.8 Å². The van der Waals surface area contributed by atoms with Crippen molar-refractivity contribution in [2.24, 2.45) is 0 Å². The highest BCUT2D eigenvalue weighted by Gasteiger charge is 2.21. The van der Waals surface area contributed by atoms with Gasteiger partial charge < -0.3 is 25.2 Å². The van der Waals surface area contributed by atoms with Gasteiger partial charge in [-0.3, -0.25) is 39.5 Å². The van der Waals surface area contributed by atoms with Crippen molar-refractivity contribution in [3.8, 4) is 28.0 Å². The van der Waals surface area contributed by atoms with Gasteiger partial charge in [0.15, 0.2) is 11.4 Å². The molecule has 2 aromatic carbocycles. The van der Waals surface area contributed by atoms with Gasteiger partial charge in [-0.25, -0.2) is 4.68 Å². The van der Waals surface area contributed by atoms with E-state index in [9.17, 15) is 9.59 Å². The maximum atomic E-state index is 13.9. The molecule has 0 atom stereocenters. The first-order valence-electron chi connectivity index (χ1n) is 19.9. The van der Waals surface area contributed by atoms with Crippen molar-refractivity contribution in [3.05, 3.63) is 138 Å². The minimum absolute atomic E-state index is 0.259. The van der Waals surface area contributed by atoms with Gasteiger partial charge in [0, 0.05) is 78.6 Å². The lowest BCUT2D eigenvalue weighted by Crippen LogP contribution is -2.23. The fourth-order valence-corrected chi connectivity index (χ4v) is 7.41. The number of H-pyrrole nitrogens is 1. The highest BCUT2D eigenvalue weighted by atomic mass is 16.5. The largest absolute Gasteiger partial charge is 0.495 e. The number of hydrogen-bond acceptors (Lipinski definition) is 12. The van der Waals surface area contributed by atoms with Crippen LogP contribution in [0.5, 0.6) is 5.75 Å². The van der Waals surface area contributed by atoms with Gasteiger partial charge >= 0.3 is 0 Å². The van der Waals surface area contributed by atoms with E-state index in [4.69, 9.17) is 9.84 Å². The molecular weight excluding hydrogens is 783 g/mol. The van der Waals surface area contributed by atoms with E-state index >= 15 is 0 Å². The summed E-state index contributed by atoms with van der Waals surface area (Å²) in [6, 6.07) is 19.7. The number of fused-ring (bicyclic) bond motifs is 2. The number of ether oxygens (including phenoxy) is 1. The zero-order chi connectivity index (χ0) is 43.3. The Bertz CT molecular complexity index is 2900. The zero-order valence-corrected chi connectivity index (χ0v) is 35.4. The SMILES string of the molecule is COc1cncc(NC(=O)c2nn(CN(C)Cc3cncc(NC(=O)c4n[nH]c5ccc(-c6cncc(CN(C)C)c6)cc45)c3)c3ccc(-c4cncc(CN(C)C)c4)cc23)c1. The number of rotatable bonds is 15. The summed E-state index contributed by atoms with van der Waals surface area (Å²) in [7, 11) is 11.6. The van der Waals surface area contributed by atoms with Crippen LogP contribution in [0.4, 0.5) is 11.4 Å². The molecule has 0 radical (unpaired) electrons. The van der Waals surface area contributed by atoms with Crippen molar-refractivity contribution >= 4 is 45.0 Å². The third-order valence-electron chi connectivity index (χ3n) is 10.1. The Morgan fingerprint density at radius 3 is 1.82 bits per heavy atom. The van der Waals surface area contributed by atoms with Gasteiger partial charge in [0.1, 0.15) is 5.75 Å². The molecule has 6 heterocycles. The topological polar surface area (TPSA) is 175 Å². The van der Waals surface area contributed by atoms with Crippen LogP contribution in [-0.2, 0) is 26.3 Å². The molecule has 0 aliphatic carbocycles. The minimum Gasteiger partial charge on any atom is -0.495 e. The molecule has 16 nitrogen and oxygen atoms in total. The Kier molecular flexibility index (Phi) is 12.0. The summed E-state index contributed by atoms with van der Waals surface area (Å²) in [4.78, 5) is 51.4. The smallest absolute Gasteiger partial charge is 0.276 e. The van der Waals surface area contributed by atoms with Crippen molar-refractivity contribution in [2.75, 3.05) is 53.0 Å². The highest BCUT2D eigenvalue weighted by Crippen LogP contribution is 2.30. The number of carbonyl (C=O) groups excluding carboxylic acids is 2. The van der Waals surface area contributed by atoms with Gasteiger partial charge in [-0.1, -0.05) is 12.1 Å². The number of nitrogens with zero attached hydrogens (tertiary/aromatic N) is 10. The van der Waals surface area contributed by atoms with E-state index in [-0.39, 0.29) is 23.2 Å². The van der Waals surface area contributed by atoms with Gasteiger partial charge in [-0.05, 0) is 106 Å². The Labute approximate surface area is 358 Å². The van der Waals surface area contributed by atoms with E-state index in [1.807, 2.05) is 107 Å². The van der Waals surface area contributed by atoms with E-state index < -0.39 is 0 Å². The molecule has 3 N–H and O–H groups in total. The van der Waals surface area contributed by atoms with Crippen LogP contribution >= 0.6 is 0 Å². The van der Waals surface area contributed by atoms with Crippen molar-refractivity contribution in [2.45, 2.75) is 26.3 Å². The number of aromatic amines is 1. The molecule has 314 valence electrons. The standard InChI is InChI=1S/C46H47N13O3/c1-56(2)25-29-11-34(20-47-17-29)32-7-9-41-39(14-32)43(54-53-41)45(60)51-36-13-31(19-49-22-36)27-58(5)28-59-42-10-8-33(35-12-30(18-48-21-35)26-57(3)4)15-40(42)44(55-59)46(61)52-37-16-38(62-6)24-50-23-37/h7-24H,25-28H2,1-6H3,(H,51,60)(H,52,61)(H,53,54). The molecule has 0 fully saturated rings. The van der Waals surface area contributed by atoms with Crippen LogP contribution < -0.4 is 15.4 Å². The second-order valence-electron chi connectivity index (χ2n) is 15.8. The molecule has 16 heteroatoms. The summed E-state index contributed by atoms with van der Waals surface area (Å²) in [5, 5.41) is 19.5. The first-order chi connectivity index (χ1) is 30.0. The van der Waals surface area contributed by atoms with Crippen LogP contribution in [-0.4, -0.2) is 109 Å². The Morgan fingerprint density at radius 1 is 0.613 bits per heavy atom. The van der Waals surface area contributed by atoms with Crippen molar-refractivity contribution in [1.82, 2.24) is 54.6 Å². The normalized spacial score (nSPS) is 11.6. The lowest BCUT2D eigenvalue weighted by Gasteiger charge is -2.18. The van der Waals surface area contributed by atoms with Crippen LogP contribution in [0.25, 0.3) is 44.1 Å². The number of benzene rings is 2. The molecule has 0 spiro atoms. The molecule has 0 unspecified atom stereocenters. The van der Waals surface area contributed by atoms with Crippen molar-refractivity contribution < 1.29 is 14.3 Å². The summed E-state index contributed by atoms with van der Waals surface area (Å²) in [6.07, 6.45) is 13.9. The Hall–Kier alpha value is -7.40. The number of nitrogens with one attached hydrogen (secondary N) is 3.